The van der Waals surface area contributed by atoms with Crippen LogP contribution in [0.25, 0.3) is 0 Å². The van der Waals surface area contributed by atoms with Crippen molar-refractivity contribution in [2.24, 2.45) is 5.92 Å². The molecule has 0 unspecified atom stereocenters. The van der Waals surface area contributed by atoms with Crippen LogP contribution in [-0.4, -0.2) is 67.4 Å². The minimum atomic E-state index is -4.26. The maximum atomic E-state index is 14.0. The van der Waals surface area contributed by atoms with Gasteiger partial charge in [0.15, 0.2) is 0 Å². The molecular formula is C27H34F3N5O2. The monoisotopic (exact) mass is 517 g/mol. The Morgan fingerprint density at radius 2 is 1.89 bits per heavy atom. The first-order valence-corrected chi connectivity index (χ1v) is 13.0. The van der Waals surface area contributed by atoms with Gasteiger partial charge in [-0.3, -0.25) is 9.69 Å². The van der Waals surface area contributed by atoms with Crippen LogP contribution >= 0.6 is 0 Å². The van der Waals surface area contributed by atoms with Gasteiger partial charge in [-0.15, -0.1) is 0 Å². The molecule has 10 heteroatoms. The summed E-state index contributed by atoms with van der Waals surface area (Å²) >= 11 is 0. The molecule has 1 N–H and O–H groups in total. The predicted octanol–water partition coefficient (Wildman–Crippen LogP) is 4.95. The van der Waals surface area contributed by atoms with E-state index in [1.165, 1.54) is 11.8 Å². The van der Waals surface area contributed by atoms with Gasteiger partial charge in [0, 0.05) is 42.5 Å². The Balaban J connectivity index is 1.38. The average Bonchev–Trinajstić information content (AvgIpc) is 3.08. The fraction of sp³-hybridized carbons (Fsp3) is 0.556. The topological polar surface area (TPSA) is 60.9 Å². The van der Waals surface area contributed by atoms with E-state index in [4.69, 9.17) is 4.74 Å². The Morgan fingerprint density at radius 3 is 2.59 bits per heavy atom. The summed E-state index contributed by atoms with van der Waals surface area (Å²) in [5.74, 6) is 0.512. The van der Waals surface area contributed by atoms with Gasteiger partial charge >= 0.3 is 6.18 Å². The number of pyridine rings is 1. The average molecular weight is 518 g/mol. The van der Waals surface area contributed by atoms with Gasteiger partial charge in [0.25, 0.3) is 0 Å². The SMILES string of the molecule is C[C@H](N(C)[C@H]1CC[C@H](C(=O)N2Cc3cccnc3Nc3ccc(N4CCOCC4)cc32)CC1)C(F)(F)F. The highest BCUT2D eigenvalue weighted by Gasteiger charge is 2.42. The molecule has 2 aromatic rings. The van der Waals surface area contributed by atoms with Crippen LogP contribution in [0.3, 0.4) is 0 Å². The number of amides is 1. The molecule has 1 aromatic heterocycles. The normalized spacial score (nSPS) is 23.1. The zero-order valence-corrected chi connectivity index (χ0v) is 21.3. The Hall–Kier alpha value is -2.85. The van der Waals surface area contributed by atoms with E-state index in [1.54, 1.807) is 13.2 Å². The Bertz CT molecular complexity index is 1110. The first-order valence-electron chi connectivity index (χ1n) is 13.0. The summed E-state index contributed by atoms with van der Waals surface area (Å²) in [6.45, 7) is 4.50. The number of fused-ring (bicyclic) bond motifs is 2. The number of nitrogens with zero attached hydrogens (tertiary/aromatic N) is 4. The number of anilines is 4. The Labute approximate surface area is 215 Å². The van der Waals surface area contributed by atoms with Crippen molar-refractivity contribution in [1.82, 2.24) is 9.88 Å². The molecule has 1 atom stereocenters. The number of alkyl halides is 3. The molecule has 5 rings (SSSR count). The summed E-state index contributed by atoms with van der Waals surface area (Å²) in [6.07, 6.45) is -0.257. The molecule has 1 saturated heterocycles. The van der Waals surface area contributed by atoms with Crippen LogP contribution in [0.5, 0.6) is 0 Å². The molecule has 7 nitrogen and oxygen atoms in total. The number of morpholine rings is 1. The lowest BCUT2D eigenvalue weighted by molar-refractivity contribution is -0.182. The van der Waals surface area contributed by atoms with E-state index in [9.17, 15) is 18.0 Å². The van der Waals surface area contributed by atoms with Crippen molar-refractivity contribution in [1.29, 1.82) is 0 Å². The van der Waals surface area contributed by atoms with Crippen LogP contribution in [0.1, 0.15) is 38.2 Å². The second-order valence-electron chi connectivity index (χ2n) is 10.2. The molecule has 1 aromatic carbocycles. The molecule has 1 aliphatic carbocycles. The molecule has 1 saturated carbocycles. The first-order chi connectivity index (χ1) is 17.7. The molecule has 3 aliphatic rings. The van der Waals surface area contributed by atoms with Gasteiger partial charge < -0.3 is 19.9 Å². The molecule has 2 aliphatic heterocycles. The van der Waals surface area contributed by atoms with Crippen molar-refractivity contribution in [3.05, 3.63) is 42.1 Å². The number of hydrogen-bond donors (Lipinski definition) is 1. The van der Waals surface area contributed by atoms with Gasteiger partial charge in [-0.1, -0.05) is 6.07 Å². The summed E-state index contributed by atoms with van der Waals surface area (Å²) < 4.78 is 45.2. The Morgan fingerprint density at radius 1 is 1.16 bits per heavy atom. The van der Waals surface area contributed by atoms with E-state index in [-0.39, 0.29) is 17.9 Å². The minimum Gasteiger partial charge on any atom is -0.378 e. The lowest BCUT2D eigenvalue weighted by Gasteiger charge is -2.39. The summed E-state index contributed by atoms with van der Waals surface area (Å²) in [4.78, 5) is 24.0. The number of nitrogens with one attached hydrogen (secondary N) is 1. The van der Waals surface area contributed by atoms with Crippen molar-refractivity contribution in [3.63, 3.8) is 0 Å². The molecule has 0 spiro atoms. The van der Waals surface area contributed by atoms with Crippen LogP contribution in [-0.2, 0) is 16.1 Å². The van der Waals surface area contributed by atoms with Gasteiger partial charge in [-0.2, -0.15) is 13.2 Å². The summed E-state index contributed by atoms with van der Waals surface area (Å²) in [5.41, 5.74) is 3.58. The van der Waals surface area contributed by atoms with E-state index in [1.807, 2.05) is 23.1 Å². The second kappa shape index (κ2) is 10.5. The molecular weight excluding hydrogens is 483 g/mol. The standard InChI is InChI=1S/C27H34F3N5O2/c1-18(27(28,29)30)33(2)21-7-5-19(6-8-21)26(36)35-17-20-4-3-11-31-25(20)32-23-10-9-22(16-24(23)35)34-12-14-37-15-13-34/h3-4,9-11,16,18-19,21H,5-8,12-15,17H2,1-2H3,(H,31,32)/t18-,19-,21-/m0/s1. The minimum absolute atomic E-state index is 0.0175. The summed E-state index contributed by atoms with van der Waals surface area (Å²) in [5, 5.41) is 3.41. The van der Waals surface area contributed by atoms with Crippen LogP contribution in [0.2, 0.25) is 0 Å². The van der Waals surface area contributed by atoms with Gasteiger partial charge in [0.05, 0.1) is 31.1 Å². The number of rotatable bonds is 4. The lowest BCUT2D eigenvalue weighted by Crippen LogP contribution is -2.48. The van der Waals surface area contributed by atoms with Crippen molar-refractivity contribution in [2.45, 2.75) is 57.4 Å². The first kappa shape index (κ1) is 25.8. The number of benzene rings is 1. The van der Waals surface area contributed by atoms with Crippen molar-refractivity contribution in [3.8, 4) is 0 Å². The maximum Gasteiger partial charge on any atom is 0.403 e. The number of aromatic nitrogens is 1. The number of carbonyl (C=O) groups is 1. The second-order valence-corrected chi connectivity index (χ2v) is 10.2. The molecule has 0 radical (unpaired) electrons. The fourth-order valence-electron chi connectivity index (χ4n) is 5.62. The third kappa shape index (κ3) is 5.40. The number of ether oxygens (including phenoxy) is 1. The summed E-state index contributed by atoms with van der Waals surface area (Å²) in [7, 11) is 1.54. The van der Waals surface area contributed by atoms with E-state index in [0.29, 0.717) is 45.4 Å². The third-order valence-electron chi connectivity index (χ3n) is 8.09. The van der Waals surface area contributed by atoms with Crippen LogP contribution < -0.4 is 15.1 Å². The van der Waals surface area contributed by atoms with Crippen molar-refractivity contribution >= 4 is 28.8 Å². The van der Waals surface area contributed by atoms with Crippen LogP contribution in [0.15, 0.2) is 36.5 Å². The van der Waals surface area contributed by atoms with Gasteiger partial charge in [-0.05, 0) is 63.9 Å². The quantitative estimate of drug-likeness (QED) is 0.620. The predicted molar refractivity (Wildman–Crippen MR) is 137 cm³/mol. The fourth-order valence-corrected chi connectivity index (χ4v) is 5.62. The zero-order valence-electron chi connectivity index (χ0n) is 21.3. The largest absolute Gasteiger partial charge is 0.403 e. The lowest BCUT2D eigenvalue weighted by atomic mass is 9.84. The van der Waals surface area contributed by atoms with E-state index in [0.717, 1.165) is 41.5 Å². The molecule has 1 amide bonds. The number of hydrogen-bond acceptors (Lipinski definition) is 6. The summed E-state index contributed by atoms with van der Waals surface area (Å²) in [6, 6.07) is 8.25. The highest BCUT2D eigenvalue weighted by Crippen LogP contribution is 2.40. The molecule has 0 bridgehead atoms. The molecule has 37 heavy (non-hydrogen) atoms. The third-order valence-corrected chi connectivity index (χ3v) is 8.09. The van der Waals surface area contributed by atoms with E-state index >= 15 is 0 Å². The smallest absolute Gasteiger partial charge is 0.378 e. The molecule has 3 heterocycles. The van der Waals surface area contributed by atoms with Crippen molar-refractivity contribution in [2.75, 3.05) is 48.5 Å². The highest BCUT2D eigenvalue weighted by molar-refractivity contribution is 6.00. The van der Waals surface area contributed by atoms with Crippen molar-refractivity contribution < 1.29 is 22.7 Å². The van der Waals surface area contributed by atoms with E-state index in [2.05, 4.69) is 27.3 Å². The number of carbonyl (C=O) groups excluding carboxylic acids is 1. The van der Waals surface area contributed by atoms with Gasteiger partial charge in [0.2, 0.25) is 5.91 Å². The molecule has 2 fully saturated rings. The Kier molecular flexibility index (Phi) is 7.31. The zero-order chi connectivity index (χ0) is 26.2. The highest BCUT2D eigenvalue weighted by atomic mass is 19.4. The number of halogens is 3. The van der Waals surface area contributed by atoms with Gasteiger partial charge in [-0.25, -0.2) is 4.98 Å². The molecule has 200 valence electrons. The van der Waals surface area contributed by atoms with Crippen LogP contribution in [0, 0.1) is 5.92 Å². The maximum absolute atomic E-state index is 14.0. The van der Waals surface area contributed by atoms with Gasteiger partial charge in [0.1, 0.15) is 11.9 Å². The van der Waals surface area contributed by atoms with Crippen LogP contribution in [0.4, 0.5) is 36.1 Å². The van der Waals surface area contributed by atoms with E-state index < -0.39 is 12.2 Å².